The third-order valence-electron chi connectivity index (χ3n) is 4.91. The third kappa shape index (κ3) is 4.14. The second-order valence-electron chi connectivity index (χ2n) is 7.08. The zero-order valence-corrected chi connectivity index (χ0v) is 16.1. The average molecular weight is 401 g/mol. The van der Waals surface area contributed by atoms with Gasteiger partial charge in [-0.1, -0.05) is 23.7 Å². The minimum absolute atomic E-state index is 0.162. The standard InChI is InChI=1S/C20H21ClN4O3/c1-13(17(22)26)24-19(28)20(10-14-2-4-16(21)5-3-14)11-25(12-20)18(27)15-6-8-23-9-7-15/h2-9,13H,10-12H2,1H3,(H2,22,26)(H,24,28)/t13-/m0/s1. The number of nitrogens with two attached hydrogens (primary N) is 1. The summed E-state index contributed by atoms with van der Waals surface area (Å²) in [6.45, 7) is 2.02. The van der Waals surface area contributed by atoms with Gasteiger partial charge in [-0.3, -0.25) is 19.4 Å². The van der Waals surface area contributed by atoms with Gasteiger partial charge in [-0.25, -0.2) is 0 Å². The van der Waals surface area contributed by atoms with Crippen LogP contribution in [0.1, 0.15) is 22.8 Å². The summed E-state index contributed by atoms with van der Waals surface area (Å²) in [5, 5.41) is 3.27. The molecule has 1 fully saturated rings. The number of carbonyl (C=O) groups excluding carboxylic acids is 3. The van der Waals surface area contributed by atoms with Gasteiger partial charge in [0.2, 0.25) is 11.8 Å². The van der Waals surface area contributed by atoms with Gasteiger partial charge in [0.15, 0.2) is 0 Å². The third-order valence-corrected chi connectivity index (χ3v) is 5.17. The van der Waals surface area contributed by atoms with Crippen molar-refractivity contribution in [3.05, 3.63) is 64.9 Å². The topological polar surface area (TPSA) is 105 Å². The number of carbonyl (C=O) groups is 3. The zero-order chi connectivity index (χ0) is 20.3. The number of rotatable bonds is 6. The molecule has 1 aromatic heterocycles. The first-order valence-corrected chi connectivity index (χ1v) is 9.22. The molecule has 3 amide bonds. The first-order chi connectivity index (χ1) is 13.3. The molecule has 1 saturated heterocycles. The Kier molecular flexibility index (Phi) is 5.65. The molecule has 1 aliphatic rings. The van der Waals surface area contributed by atoms with Crippen LogP contribution in [0.15, 0.2) is 48.8 Å². The fourth-order valence-corrected chi connectivity index (χ4v) is 3.38. The summed E-state index contributed by atoms with van der Waals surface area (Å²) in [6.07, 6.45) is 3.52. The zero-order valence-electron chi connectivity index (χ0n) is 15.4. The van der Waals surface area contributed by atoms with Crippen molar-refractivity contribution in [1.29, 1.82) is 0 Å². The first kappa shape index (κ1) is 19.8. The van der Waals surface area contributed by atoms with Crippen molar-refractivity contribution >= 4 is 29.3 Å². The molecule has 1 aliphatic heterocycles. The number of amides is 3. The monoisotopic (exact) mass is 400 g/mol. The minimum Gasteiger partial charge on any atom is -0.368 e. The molecule has 8 heteroatoms. The van der Waals surface area contributed by atoms with Crippen molar-refractivity contribution in [2.45, 2.75) is 19.4 Å². The summed E-state index contributed by atoms with van der Waals surface area (Å²) in [7, 11) is 0. The number of nitrogens with zero attached hydrogens (tertiary/aromatic N) is 2. The molecule has 1 atom stereocenters. The van der Waals surface area contributed by atoms with Crippen molar-refractivity contribution in [2.24, 2.45) is 11.1 Å². The van der Waals surface area contributed by atoms with Crippen LogP contribution >= 0.6 is 11.6 Å². The van der Waals surface area contributed by atoms with E-state index >= 15 is 0 Å². The predicted molar refractivity (Wildman–Crippen MR) is 105 cm³/mol. The Balaban J connectivity index is 1.78. The van der Waals surface area contributed by atoms with Gasteiger partial charge >= 0.3 is 0 Å². The van der Waals surface area contributed by atoms with E-state index in [-0.39, 0.29) is 24.9 Å². The van der Waals surface area contributed by atoms with Gasteiger partial charge in [-0.2, -0.15) is 0 Å². The SMILES string of the molecule is C[C@H](NC(=O)C1(Cc2ccc(Cl)cc2)CN(C(=O)c2ccncc2)C1)C(N)=O. The van der Waals surface area contributed by atoms with Crippen molar-refractivity contribution in [1.82, 2.24) is 15.2 Å². The highest BCUT2D eigenvalue weighted by Gasteiger charge is 2.51. The maximum absolute atomic E-state index is 12.9. The molecule has 0 spiro atoms. The number of primary amides is 1. The quantitative estimate of drug-likeness (QED) is 0.764. The van der Waals surface area contributed by atoms with Crippen molar-refractivity contribution < 1.29 is 14.4 Å². The number of likely N-dealkylation sites (tertiary alicyclic amines) is 1. The summed E-state index contributed by atoms with van der Waals surface area (Å²) >= 11 is 5.94. The predicted octanol–water partition coefficient (Wildman–Crippen LogP) is 1.41. The van der Waals surface area contributed by atoms with E-state index in [0.29, 0.717) is 17.0 Å². The lowest BCUT2D eigenvalue weighted by Crippen LogP contribution is -2.66. The van der Waals surface area contributed by atoms with E-state index in [2.05, 4.69) is 10.3 Å². The molecule has 0 saturated carbocycles. The molecule has 0 aliphatic carbocycles. The number of aromatic nitrogens is 1. The largest absolute Gasteiger partial charge is 0.368 e. The van der Waals surface area contributed by atoms with Crippen LogP contribution in [0, 0.1) is 5.41 Å². The van der Waals surface area contributed by atoms with Gasteiger partial charge in [-0.15, -0.1) is 0 Å². The molecular weight excluding hydrogens is 380 g/mol. The van der Waals surface area contributed by atoms with Crippen molar-refractivity contribution in [2.75, 3.05) is 13.1 Å². The van der Waals surface area contributed by atoms with Crippen molar-refractivity contribution in [3.63, 3.8) is 0 Å². The lowest BCUT2D eigenvalue weighted by atomic mass is 9.73. The number of hydrogen-bond donors (Lipinski definition) is 2. The molecule has 0 radical (unpaired) electrons. The van der Waals surface area contributed by atoms with E-state index in [1.807, 2.05) is 12.1 Å². The van der Waals surface area contributed by atoms with Crippen LogP contribution in [0.3, 0.4) is 0 Å². The van der Waals surface area contributed by atoms with Crippen LogP contribution in [0.25, 0.3) is 0 Å². The molecule has 3 rings (SSSR count). The van der Waals surface area contributed by atoms with Crippen LogP contribution in [0.5, 0.6) is 0 Å². The highest BCUT2D eigenvalue weighted by molar-refractivity contribution is 6.30. The second-order valence-corrected chi connectivity index (χ2v) is 7.51. The van der Waals surface area contributed by atoms with Crippen LogP contribution in [-0.2, 0) is 16.0 Å². The molecule has 2 heterocycles. The van der Waals surface area contributed by atoms with Gasteiger partial charge in [0.25, 0.3) is 5.91 Å². The summed E-state index contributed by atoms with van der Waals surface area (Å²) in [4.78, 5) is 42.5. The number of pyridine rings is 1. The summed E-state index contributed by atoms with van der Waals surface area (Å²) < 4.78 is 0. The number of halogens is 1. The van der Waals surface area contributed by atoms with E-state index < -0.39 is 17.4 Å². The van der Waals surface area contributed by atoms with E-state index in [1.165, 1.54) is 6.92 Å². The Bertz CT molecular complexity index is 880. The van der Waals surface area contributed by atoms with Crippen LogP contribution in [0.4, 0.5) is 0 Å². The Hall–Kier alpha value is -2.93. The fraction of sp³-hybridized carbons (Fsp3) is 0.300. The Morgan fingerprint density at radius 2 is 1.79 bits per heavy atom. The average Bonchev–Trinajstić information content (AvgIpc) is 2.65. The smallest absolute Gasteiger partial charge is 0.254 e. The highest BCUT2D eigenvalue weighted by Crippen LogP contribution is 2.36. The fourth-order valence-electron chi connectivity index (χ4n) is 3.25. The lowest BCUT2D eigenvalue weighted by molar-refractivity contribution is -0.141. The molecule has 3 N–H and O–H groups in total. The molecule has 2 aromatic rings. The Morgan fingerprint density at radius 3 is 2.36 bits per heavy atom. The van der Waals surface area contributed by atoms with Crippen LogP contribution in [0.2, 0.25) is 5.02 Å². The normalized spacial score (nSPS) is 16.0. The maximum atomic E-state index is 12.9. The number of nitrogens with one attached hydrogen (secondary N) is 1. The van der Waals surface area contributed by atoms with E-state index in [4.69, 9.17) is 17.3 Å². The van der Waals surface area contributed by atoms with Gasteiger partial charge < -0.3 is 16.0 Å². The van der Waals surface area contributed by atoms with Gasteiger partial charge in [0.1, 0.15) is 6.04 Å². The van der Waals surface area contributed by atoms with Gasteiger partial charge in [0.05, 0.1) is 5.41 Å². The number of hydrogen-bond acceptors (Lipinski definition) is 4. The molecule has 7 nitrogen and oxygen atoms in total. The minimum atomic E-state index is -0.833. The molecule has 0 bridgehead atoms. The summed E-state index contributed by atoms with van der Waals surface area (Å²) in [5.74, 6) is -1.07. The van der Waals surface area contributed by atoms with Crippen LogP contribution < -0.4 is 11.1 Å². The summed E-state index contributed by atoms with van der Waals surface area (Å²) in [5.41, 5.74) is 5.87. The molecule has 0 unspecified atom stereocenters. The first-order valence-electron chi connectivity index (χ1n) is 8.85. The molecule has 146 valence electrons. The van der Waals surface area contributed by atoms with E-state index in [0.717, 1.165) is 5.56 Å². The lowest BCUT2D eigenvalue weighted by Gasteiger charge is -2.49. The van der Waals surface area contributed by atoms with E-state index in [9.17, 15) is 14.4 Å². The van der Waals surface area contributed by atoms with Crippen LogP contribution in [-0.4, -0.2) is 46.7 Å². The Labute approximate surface area is 167 Å². The molecular formula is C20H21ClN4O3. The molecule has 28 heavy (non-hydrogen) atoms. The summed E-state index contributed by atoms with van der Waals surface area (Å²) in [6, 6.07) is 9.69. The van der Waals surface area contributed by atoms with Gasteiger partial charge in [0, 0.05) is 36.1 Å². The van der Waals surface area contributed by atoms with Crippen molar-refractivity contribution in [3.8, 4) is 0 Å². The molecule has 1 aromatic carbocycles. The van der Waals surface area contributed by atoms with E-state index in [1.54, 1.807) is 41.6 Å². The Morgan fingerprint density at radius 1 is 1.18 bits per heavy atom. The second kappa shape index (κ2) is 7.98. The highest BCUT2D eigenvalue weighted by atomic mass is 35.5. The maximum Gasteiger partial charge on any atom is 0.254 e. The van der Waals surface area contributed by atoms with Gasteiger partial charge in [-0.05, 0) is 43.2 Å². The number of benzene rings is 1.